The zero-order valence-corrected chi connectivity index (χ0v) is 16.7. The van der Waals surface area contributed by atoms with E-state index in [4.69, 9.17) is 4.74 Å². The Kier molecular flexibility index (Phi) is 5.44. The number of thiophene rings is 1. The lowest BCUT2D eigenvalue weighted by molar-refractivity contribution is -0.139. The summed E-state index contributed by atoms with van der Waals surface area (Å²) in [6.45, 7) is 2.21. The van der Waals surface area contributed by atoms with Crippen LogP contribution in [-0.2, 0) is 20.7 Å². The van der Waals surface area contributed by atoms with E-state index in [1.807, 2.05) is 54.1 Å². The van der Waals surface area contributed by atoms with Gasteiger partial charge in [-0.1, -0.05) is 30.3 Å². The summed E-state index contributed by atoms with van der Waals surface area (Å²) in [6.07, 6.45) is 2.90. The Labute approximate surface area is 168 Å². The van der Waals surface area contributed by atoms with Gasteiger partial charge in [0.1, 0.15) is 0 Å². The summed E-state index contributed by atoms with van der Waals surface area (Å²) < 4.78 is 5.63. The van der Waals surface area contributed by atoms with Gasteiger partial charge in [-0.3, -0.25) is 4.79 Å². The van der Waals surface area contributed by atoms with Gasteiger partial charge < -0.3 is 10.1 Å². The van der Waals surface area contributed by atoms with E-state index in [9.17, 15) is 9.59 Å². The SMILES string of the molecule is CC1=C(C(=O)OCCc2ccccc2)[C@@H](c2ccsc2)C2=C(CCCC2=O)N1. The number of nitrogens with one attached hydrogen (secondary N) is 1. The van der Waals surface area contributed by atoms with Crippen molar-refractivity contribution in [1.82, 2.24) is 5.32 Å². The van der Waals surface area contributed by atoms with Gasteiger partial charge in [0.15, 0.2) is 5.78 Å². The number of hydrogen-bond donors (Lipinski definition) is 1. The van der Waals surface area contributed by atoms with E-state index in [1.165, 1.54) is 0 Å². The normalized spacial score (nSPS) is 19.3. The van der Waals surface area contributed by atoms with Crippen molar-refractivity contribution in [2.45, 2.75) is 38.5 Å². The van der Waals surface area contributed by atoms with E-state index in [0.29, 0.717) is 25.0 Å². The van der Waals surface area contributed by atoms with Crippen molar-refractivity contribution in [1.29, 1.82) is 0 Å². The second kappa shape index (κ2) is 8.15. The van der Waals surface area contributed by atoms with E-state index in [2.05, 4.69) is 5.32 Å². The van der Waals surface area contributed by atoms with Crippen LogP contribution in [0.2, 0.25) is 0 Å². The van der Waals surface area contributed by atoms with E-state index in [-0.39, 0.29) is 17.7 Å². The quantitative estimate of drug-likeness (QED) is 0.760. The molecule has 0 spiro atoms. The summed E-state index contributed by atoms with van der Waals surface area (Å²) in [5.74, 6) is -0.548. The van der Waals surface area contributed by atoms with Crippen molar-refractivity contribution < 1.29 is 14.3 Å². The molecule has 0 saturated carbocycles. The average Bonchev–Trinajstić information content (AvgIpc) is 3.22. The molecular weight excluding hydrogens is 370 g/mol. The summed E-state index contributed by atoms with van der Waals surface area (Å²) in [4.78, 5) is 25.8. The second-order valence-electron chi connectivity index (χ2n) is 7.19. The number of ether oxygens (including phenoxy) is 1. The molecule has 2 aromatic rings. The topological polar surface area (TPSA) is 55.4 Å². The number of carbonyl (C=O) groups is 2. The van der Waals surface area contributed by atoms with Crippen LogP contribution in [0.3, 0.4) is 0 Å². The fourth-order valence-corrected chi connectivity index (χ4v) is 4.70. The van der Waals surface area contributed by atoms with Crippen LogP contribution in [0.25, 0.3) is 0 Å². The first-order valence-corrected chi connectivity index (χ1v) is 10.6. The third-order valence-electron chi connectivity index (χ3n) is 5.34. The van der Waals surface area contributed by atoms with E-state index in [1.54, 1.807) is 11.3 Å². The number of benzene rings is 1. The molecule has 0 fully saturated rings. The molecule has 1 aliphatic carbocycles. The number of dihydropyridines is 1. The van der Waals surface area contributed by atoms with Crippen LogP contribution in [0.1, 0.15) is 43.2 Å². The summed E-state index contributed by atoms with van der Waals surface area (Å²) in [6, 6.07) is 12.0. The van der Waals surface area contributed by atoms with Crippen LogP contribution in [0.4, 0.5) is 0 Å². The van der Waals surface area contributed by atoms with Crippen LogP contribution in [0, 0.1) is 0 Å². The molecule has 1 N–H and O–H groups in total. The van der Waals surface area contributed by atoms with Crippen LogP contribution in [0.15, 0.2) is 69.7 Å². The summed E-state index contributed by atoms with van der Waals surface area (Å²) in [7, 11) is 0. The number of esters is 1. The first-order valence-electron chi connectivity index (χ1n) is 9.62. The van der Waals surface area contributed by atoms with Crippen molar-refractivity contribution in [2.24, 2.45) is 0 Å². The van der Waals surface area contributed by atoms with E-state index < -0.39 is 0 Å². The number of hydrogen-bond acceptors (Lipinski definition) is 5. The molecule has 5 heteroatoms. The molecule has 4 rings (SSSR count). The first kappa shape index (κ1) is 18.7. The Balaban J connectivity index is 1.59. The number of rotatable bonds is 5. The van der Waals surface area contributed by atoms with Crippen molar-refractivity contribution in [3.05, 3.63) is 80.8 Å². The highest BCUT2D eigenvalue weighted by molar-refractivity contribution is 7.08. The fraction of sp³-hybridized carbons (Fsp3) is 0.304. The smallest absolute Gasteiger partial charge is 0.336 e. The summed E-state index contributed by atoms with van der Waals surface area (Å²) in [5, 5.41) is 7.33. The van der Waals surface area contributed by atoms with E-state index in [0.717, 1.165) is 40.9 Å². The molecule has 2 heterocycles. The van der Waals surface area contributed by atoms with Crippen molar-refractivity contribution in [3.8, 4) is 0 Å². The van der Waals surface area contributed by atoms with Gasteiger partial charge in [-0.2, -0.15) is 11.3 Å². The van der Waals surface area contributed by atoms with Gasteiger partial charge in [0.05, 0.1) is 12.2 Å². The van der Waals surface area contributed by atoms with Crippen molar-refractivity contribution in [2.75, 3.05) is 6.61 Å². The molecule has 4 nitrogen and oxygen atoms in total. The van der Waals surface area contributed by atoms with Crippen molar-refractivity contribution in [3.63, 3.8) is 0 Å². The Bertz CT molecular complexity index is 941. The Morgan fingerprint density at radius 3 is 2.79 bits per heavy atom. The lowest BCUT2D eigenvalue weighted by Crippen LogP contribution is -2.34. The van der Waals surface area contributed by atoms with Gasteiger partial charge in [0.25, 0.3) is 0 Å². The third kappa shape index (κ3) is 3.67. The van der Waals surface area contributed by atoms with Crippen LogP contribution in [-0.4, -0.2) is 18.4 Å². The van der Waals surface area contributed by atoms with Crippen LogP contribution < -0.4 is 5.32 Å². The molecule has 2 aliphatic rings. The molecule has 0 saturated heterocycles. The molecule has 0 unspecified atom stereocenters. The predicted octanol–water partition coefficient (Wildman–Crippen LogP) is 4.50. The fourth-order valence-electron chi connectivity index (χ4n) is 4.01. The highest BCUT2D eigenvalue weighted by atomic mass is 32.1. The minimum Gasteiger partial charge on any atom is -0.462 e. The zero-order chi connectivity index (χ0) is 19.5. The molecule has 1 aromatic carbocycles. The maximum Gasteiger partial charge on any atom is 0.336 e. The standard InChI is InChI=1S/C23H23NO3S/c1-15-20(23(26)27-12-10-16-6-3-2-4-7-16)21(17-11-13-28-14-17)22-18(24-15)8-5-9-19(22)25/h2-4,6-7,11,13-14,21,24H,5,8-10,12H2,1H3/t21-/m1/s1. The average molecular weight is 394 g/mol. The van der Waals surface area contributed by atoms with Crippen LogP contribution in [0.5, 0.6) is 0 Å². The van der Waals surface area contributed by atoms with Gasteiger partial charge in [-0.15, -0.1) is 0 Å². The predicted molar refractivity (Wildman–Crippen MR) is 110 cm³/mol. The molecule has 0 radical (unpaired) electrons. The number of allylic oxidation sites excluding steroid dienone is 3. The summed E-state index contributed by atoms with van der Waals surface area (Å²) >= 11 is 1.57. The Morgan fingerprint density at radius 2 is 2.04 bits per heavy atom. The largest absolute Gasteiger partial charge is 0.462 e. The highest BCUT2D eigenvalue weighted by Crippen LogP contribution is 2.42. The molecule has 1 atom stereocenters. The van der Waals surface area contributed by atoms with Gasteiger partial charge >= 0.3 is 5.97 Å². The van der Waals surface area contributed by atoms with E-state index >= 15 is 0 Å². The molecule has 1 aromatic heterocycles. The maximum atomic E-state index is 13.0. The second-order valence-corrected chi connectivity index (χ2v) is 7.97. The monoisotopic (exact) mass is 393 g/mol. The Hall–Kier alpha value is -2.66. The molecule has 0 amide bonds. The van der Waals surface area contributed by atoms with Gasteiger partial charge in [0.2, 0.25) is 0 Å². The number of carbonyl (C=O) groups excluding carboxylic acids is 2. The van der Waals surface area contributed by atoms with Gasteiger partial charge in [0, 0.05) is 35.7 Å². The van der Waals surface area contributed by atoms with Gasteiger partial charge in [-0.25, -0.2) is 4.79 Å². The molecule has 1 aliphatic heterocycles. The molecular formula is C23H23NO3S. The third-order valence-corrected chi connectivity index (χ3v) is 6.04. The highest BCUT2D eigenvalue weighted by Gasteiger charge is 2.39. The maximum absolute atomic E-state index is 13.0. The Morgan fingerprint density at radius 1 is 1.21 bits per heavy atom. The molecule has 144 valence electrons. The van der Waals surface area contributed by atoms with Crippen LogP contribution >= 0.6 is 11.3 Å². The number of Topliss-reactive ketones (excluding diaryl/α,β-unsaturated/α-hetero) is 1. The molecule has 28 heavy (non-hydrogen) atoms. The molecule has 0 bridgehead atoms. The number of ketones is 1. The summed E-state index contributed by atoms with van der Waals surface area (Å²) in [5.41, 5.74) is 5.17. The van der Waals surface area contributed by atoms with Gasteiger partial charge in [-0.05, 0) is 47.7 Å². The first-order chi connectivity index (χ1) is 13.6. The lowest BCUT2D eigenvalue weighted by atomic mass is 9.76. The van der Waals surface area contributed by atoms with Crippen molar-refractivity contribution >= 4 is 23.1 Å². The zero-order valence-electron chi connectivity index (χ0n) is 15.9. The lowest BCUT2D eigenvalue weighted by Gasteiger charge is -2.33. The minimum absolute atomic E-state index is 0.132. The minimum atomic E-state index is -0.345.